The summed E-state index contributed by atoms with van der Waals surface area (Å²) in [4.78, 5) is 43.3. The minimum Gasteiger partial charge on any atom is -0.481 e. The third kappa shape index (κ3) is 4.65. The number of carboxylic acids is 1. The van der Waals surface area contributed by atoms with Gasteiger partial charge in [0.2, 0.25) is 0 Å². The molecule has 0 fully saturated rings. The Labute approximate surface area is 215 Å². The lowest BCUT2D eigenvalue weighted by Crippen LogP contribution is -2.35. The molecule has 0 saturated heterocycles. The van der Waals surface area contributed by atoms with Gasteiger partial charge in [0.05, 0.1) is 23.7 Å². The summed E-state index contributed by atoms with van der Waals surface area (Å²) in [5.74, 6) is -2.51. The third-order valence-corrected chi connectivity index (χ3v) is 6.63. The van der Waals surface area contributed by atoms with Gasteiger partial charge in [-0.2, -0.15) is 5.10 Å². The van der Waals surface area contributed by atoms with Crippen molar-refractivity contribution in [1.82, 2.24) is 15.0 Å². The summed E-state index contributed by atoms with van der Waals surface area (Å²) in [7, 11) is 0. The molecule has 37 heavy (non-hydrogen) atoms. The molecule has 2 aromatic carbocycles. The molecular formula is C27H22ClFN4O4. The maximum Gasteiger partial charge on any atom is 0.306 e. The molecule has 1 aliphatic rings. The lowest BCUT2D eigenvalue weighted by Gasteiger charge is -2.23. The van der Waals surface area contributed by atoms with Gasteiger partial charge in [-0.15, -0.1) is 0 Å². The smallest absolute Gasteiger partial charge is 0.306 e. The monoisotopic (exact) mass is 520 g/mol. The number of aliphatic carboxylic acids is 1. The number of carbonyl (C=O) groups is 2. The van der Waals surface area contributed by atoms with Crippen LogP contribution < -0.4 is 5.56 Å². The van der Waals surface area contributed by atoms with Gasteiger partial charge < -0.3 is 15.1 Å². The number of nitrogens with one attached hydrogen (secondary N) is 2. The maximum atomic E-state index is 14.7. The summed E-state index contributed by atoms with van der Waals surface area (Å²) < 4.78 is 14.7. The Morgan fingerprint density at radius 3 is 2.51 bits per heavy atom. The van der Waals surface area contributed by atoms with Gasteiger partial charge >= 0.3 is 5.97 Å². The highest BCUT2D eigenvalue weighted by Gasteiger charge is 2.38. The largest absolute Gasteiger partial charge is 0.481 e. The predicted octanol–water partition coefficient (Wildman–Crippen LogP) is 4.98. The first-order chi connectivity index (χ1) is 17.7. The minimum atomic E-state index is -2.28. The van der Waals surface area contributed by atoms with E-state index >= 15 is 0 Å². The van der Waals surface area contributed by atoms with Crippen LogP contribution in [0.5, 0.6) is 0 Å². The van der Waals surface area contributed by atoms with Gasteiger partial charge in [0.25, 0.3) is 11.5 Å². The summed E-state index contributed by atoms with van der Waals surface area (Å²) in [6.07, 6.45) is -1.43. The number of hydrogen-bond donors (Lipinski definition) is 3. The zero-order valence-electron chi connectivity index (χ0n) is 19.7. The molecule has 1 amide bonds. The molecule has 0 radical (unpaired) electrons. The first kappa shape index (κ1) is 24.5. The second-order valence-electron chi connectivity index (χ2n) is 8.90. The molecule has 3 heterocycles. The van der Waals surface area contributed by atoms with Crippen molar-refractivity contribution < 1.29 is 19.1 Å². The van der Waals surface area contributed by atoms with E-state index in [1.165, 1.54) is 0 Å². The van der Waals surface area contributed by atoms with Gasteiger partial charge in [-0.3, -0.25) is 14.4 Å². The number of alkyl halides is 1. The summed E-state index contributed by atoms with van der Waals surface area (Å²) in [6.45, 7) is 1.91. The van der Waals surface area contributed by atoms with E-state index in [-0.39, 0.29) is 17.7 Å². The second-order valence-corrected chi connectivity index (χ2v) is 9.34. The molecule has 10 heteroatoms. The number of aromatic amines is 2. The van der Waals surface area contributed by atoms with Crippen LogP contribution in [0.25, 0.3) is 22.2 Å². The van der Waals surface area contributed by atoms with Crippen molar-refractivity contribution in [2.45, 2.75) is 32.0 Å². The average molecular weight is 521 g/mol. The SMILES string of the molecule is Cc1ccc([C@@H]2CC(c3c(-c4ccc(Cl)cc4)c4cc[nH]c4[nH]c3=O)=NN2C(=O)C(F)CC(=O)O)cc1. The first-order valence-corrected chi connectivity index (χ1v) is 11.9. The van der Waals surface area contributed by atoms with Crippen LogP contribution in [0.4, 0.5) is 4.39 Å². The van der Waals surface area contributed by atoms with Crippen LogP contribution in [0.2, 0.25) is 5.02 Å². The Morgan fingerprint density at radius 2 is 1.84 bits per heavy atom. The molecule has 2 aromatic heterocycles. The fraction of sp³-hybridized carbons (Fsp3) is 0.185. The third-order valence-electron chi connectivity index (χ3n) is 6.37. The number of rotatable bonds is 6. The number of nitrogens with zero attached hydrogens (tertiary/aromatic N) is 2. The van der Waals surface area contributed by atoms with Gasteiger partial charge in [0.1, 0.15) is 5.65 Å². The second kappa shape index (κ2) is 9.67. The fourth-order valence-electron chi connectivity index (χ4n) is 4.59. The molecular weight excluding hydrogens is 499 g/mol. The highest BCUT2D eigenvalue weighted by molar-refractivity contribution is 6.30. The summed E-state index contributed by atoms with van der Waals surface area (Å²) in [6, 6.07) is 15.4. The van der Waals surface area contributed by atoms with Gasteiger partial charge in [-0.25, -0.2) is 9.40 Å². The van der Waals surface area contributed by atoms with E-state index < -0.39 is 36.1 Å². The van der Waals surface area contributed by atoms with E-state index in [1.54, 1.807) is 30.5 Å². The highest BCUT2D eigenvalue weighted by Crippen LogP contribution is 2.37. The van der Waals surface area contributed by atoms with Gasteiger partial charge in [0.15, 0.2) is 6.17 Å². The van der Waals surface area contributed by atoms with E-state index in [1.807, 2.05) is 37.3 Å². The van der Waals surface area contributed by atoms with E-state index in [4.69, 9.17) is 16.7 Å². The summed E-state index contributed by atoms with van der Waals surface area (Å²) in [5, 5.41) is 15.7. The van der Waals surface area contributed by atoms with Crippen molar-refractivity contribution in [3.05, 3.63) is 92.9 Å². The first-order valence-electron chi connectivity index (χ1n) is 11.6. The number of pyridine rings is 1. The number of hydrazone groups is 1. The average Bonchev–Trinajstić information content (AvgIpc) is 3.50. The van der Waals surface area contributed by atoms with Crippen molar-refractivity contribution in [3.8, 4) is 11.1 Å². The van der Waals surface area contributed by atoms with E-state index in [2.05, 4.69) is 15.1 Å². The molecule has 0 aliphatic carbocycles. The number of amides is 1. The zero-order chi connectivity index (χ0) is 26.3. The Balaban J connectivity index is 1.68. The van der Waals surface area contributed by atoms with Gasteiger partial charge in [0, 0.05) is 28.6 Å². The predicted molar refractivity (Wildman–Crippen MR) is 138 cm³/mol. The van der Waals surface area contributed by atoms with Crippen LogP contribution >= 0.6 is 11.6 Å². The van der Waals surface area contributed by atoms with Crippen molar-refractivity contribution >= 4 is 40.2 Å². The Kier molecular flexibility index (Phi) is 6.39. The maximum absolute atomic E-state index is 14.7. The summed E-state index contributed by atoms with van der Waals surface area (Å²) in [5.41, 5.74) is 3.61. The van der Waals surface area contributed by atoms with Crippen LogP contribution in [0.1, 0.15) is 35.6 Å². The lowest BCUT2D eigenvalue weighted by atomic mass is 9.92. The fourth-order valence-corrected chi connectivity index (χ4v) is 4.72. The van der Waals surface area contributed by atoms with Gasteiger partial charge in [-0.1, -0.05) is 53.6 Å². The molecule has 0 saturated carbocycles. The van der Waals surface area contributed by atoms with E-state index in [0.29, 0.717) is 27.4 Å². The zero-order valence-corrected chi connectivity index (χ0v) is 20.4. The van der Waals surface area contributed by atoms with Crippen molar-refractivity contribution in [2.75, 3.05) is 0 Å². The number of halogens is 2. The normalized spacial score (nSPS) is 16.1. The molecule has 4 aromatic rings. The minimum absolute atomic E-state index is 0.133. The van der Waals surface area contributed by atoms with Crippen molar-refractivity contribution in [3.63, 3.8) is 0 Å². The Morgan fingerprint density at radius 1 is 1.14 bits per heavy atom. The van der Waals surface area contributed by atoms with Crippen LogP contribution in [0.3, 0.4) is 0 Å². The highest BCUT2D eigenvalue weighted by atomic mass is 35.5. The van der Waals surface area contributed by atoms with Crippen LogP contribution in [0.15, 0.2) is 70.7 Å². The number of carboxylic acid groups (broad SMARTS) is 1. The molecule has 0 bridgehead atoms. The van der Waals surface area contributed by atoms with Crippen LogP contribution in [-0.2, 0) is 9.59 Å². The number of aromatic nitrogens is 2. The molecule has 188 valence electrons. The molecule has 2 atom stereocenters. The van der Waals surface area contributed by atoms with Crippen molar-refractivity contribution in [2.24, 2.45) is 5.10 Å². The topological polar surface area (TPSA) is 119 Å². The molecule has 0 spiro atoms. The Bertz CT molecular complexity index is 1590. The molecule has 3 N–H and O–H groups in total. The van der Waals surface area contributed by atoms with E-state index in [0.717, 1.165) is 16.0 Å². The number of H-pyrrole nitrogens is 2. The van der Waals surface area contributed by atoms with Crippen molar-refractivity contribution in [1.29, 1.82) is 0 Å². The lowest BCUT2D eigenvalue weighted by molar-refractivity contribution is -0.146. The van der Waals surface area contributed by atoms with Gasteiger partial charge in [-0.05, 0) is 36.2 Å². The molecule has 1 aliphatic heterocycles. The van der Waals surface area contributed by atoms with Crippen LogP contribution in [-0.4, -0.2) is 43.8 Å². The number of benzene rings is 2. The molecule has 1 unspecified atom stereocenters. The number of aryl methyl sites for hydroxylation is 1. The Hall–Kier alpha value is -4.24. The number of carbonyl (C=O) groups excluding carboxylic acids is 1. The molecule has 8 nitrogen and oxygen atoms in total. The number of hydrogen-bond acceptors (Lipinski definition) is 4. The standard InChI is InChI=1S/C27H22ClFN4O4/c1-14-2-4-15(5-3-14)21-13-20(32-33(21)27(37)19(29)12-22(34)35)24-23(16-6-8-17(28)9-7-16)18-10-11-30-25(18)31-26(24)36/h2-11,19,21H,12-13H2,1H3,(H,34,35)(H2,30,31,36)/t19?,21-/m0/s1. The molecule has 5 rings (SSSR count). The number of fused-ring (bicyclic) bond motifs is 1. The quantitative estimate of drug-likeness (QED) is 0.332. The van der Waals surface area contributed by atoms with Crippen LogP contribution in [0, 0.1) is 6.92 Å². The van der Waals surface area contributed by atoms with E-state index in [9.17, 15) is 18.8 Å². The summed E-state index contributed by atoms with van der Waals surface area (Å²) >= 11 is 6.09.